The topological polar surface area (TPSA) is 165 Å². The average Bonchev–Trinajstić information content (AvgIpc) is 2.74. The summed E-state index contributed by atoms with van der Waals surface area (Å²) in [7, 11) is 0. The van der Waals surface area contributed by atoms with E-state index in [1.54, 1.807) is 18.2 Å². The van der Waals surface area contributed by atoms with E-state index in [4.69, 9.17) is 30.9 Å². The highest BCUT2D eigenvalue weighted by molar-refractivity contribution is 6.51. The quantitative estimate of drug-likeness (QED) is 0.155. The van der Waals surface area contributed by atoms with Gasteiger partial charge in [0, 0.05) is 31.1 Å². The Bertz CT molecular complexity index is 801. The van der Waals surface area contributed by atoms with Crippen LogP contribution in [0.25, 0.3) is 0 Å². The van der Waals surface area contributed by atoms with Crippen molar-refractivity contribution in [3.05, 3.63) is 41.3 Å². The molecule has 10 nitrogen and oxygen atoms in total. The van der Waals surface area contributed by atoms with Gasteiger partial charge in [0.05, 0.1) is 49.2 Å². The minimum atomic E-state index is -0.605. The molecule has 0 aromatic heterocycles. The summed E-state index contributed by atoms with van der Waals surface area (Å²) in [6.07, 6.45) is 2.27. The van der Waals surface area contributed by atoms with Gasteiger partial charge in [0.2, 0.25) is 0 Å². The SMILES string of the molecule is N=C1CC(=N)C(=Nc2ccc(NCCC[N+]([O-])(CCO)CCO)cc2)C=C1OCCO. The molecule has 0 atom stereocenters. The average molecular weight is 434 g/mol. The van der Waals surface area contributed by atoms with Gasteiger partial charge in [-0.3, -0.25) is 0 Å². The van der Waals surface area contributed by atoms with Crippen molar-refractivity contribution in [3.8, 4) is 0 Å². The van der Waals surface area contributed by atoms with Crippen LogP contribution in [-0.4, -0.2) is 89.7 Å². The van der Waals surface area contributed by atoms with Crippen LogP contribution in [0.2, 0.25) is 0 Å². The molecule has 0 unspecified atom stereocenters. The van der Waals surface area contributed by atoms with E-state index >= 15 is 0 Å². The van der Waals surface area contributed by atoms with Crippen LogP contribution in [0.3, 0.4) is 0 Å². The molecule has 2 rings (SSSR count). The fraction of sp³-hybridized carbons (Fsp3) is 0.476. The molecule has 0 saturated carbocycles. The molecule has 1 aromatic rings. The number of quaternary nitrogens is 1. The monoisotopic (exact) mass is 433 g/mol. The first kappa shape index (κ1) is 24.6. The molecule has 10 heteroatoms. The van der Waals surface area contributed by atoms with Crippen molar-refractivity contribution in [2.75, 3.05) is 57.9 Å². The van der Waals surface area contributed by atoms with Gasteiger partial charge < -0.3 is 46.0 Å². The number of rotatable bonds is 13. The number of aliphatic hydroxyl groups excluding tert-OH is 3. The van der Waals surface area contributed by atoms with Gasteiger partial charge in [0.1, 0.15) is 25.5 Å². The zero-order chi connectivity index (χ0) is 22.7. The Balaban J connectivity index is 1.93. The molecule has 0 fully saturated rings. The number of hydrogen-bond donors (Lipinski definition) is 6. The van der Waals surface area contributed by atoms with E-state index in [1.807, 2.05) is 12.1 Å². The van der Waals surface area contributed by atoms with Crippen LogP contribution in [0.15, 0.2) is 41.1 Å². The minimum Gasteiger partial charge on any atom is -0.633 e. The van der Waals surface area contributed by atoms with Crippen LogP contribution < -0.4 is 5.32 Å². The fourth-order valence-corrected chi connectivity index (χ4v) is 3.13. The molecule has 6 N–H and O–H groups in total. The number of anilines is 1. The molecule has 0 amide bonds. The van der Waals surface area contributed by atoms with Crippen molar-refractivity contribution in [1.29, 1.82) is 10.8 Å². The predicted molar refractivity (Wildman–Crippen MR) is 120 cm³/mol. The largest absolute Gasteiger partial charge is 0.633 e. The molecule has 0 spiro atoms. The first-order chi connectivity index (χ1) is 14.9. The Hall–Kier alpha value is -2.63. The predicted octanol–water partition coefficient (Wildman–Crippen LogP) is 1.20. The highest BCUT2D eigenvalue weighted by Crippen LogP contribution is 2.20. The maximum atomic E-state index is 12.4. The molecule has 31 heavy (non-hydrogen) atoms. The Labute approximate surface area is 181 Å². The van der Waals surface area contributed by atoms with Gasteiger partial charge in [-0.2, -0.15) is 0 Å². The second-order valence-corrected chi connectivity index (χ2v) is 7.21. The van der Waals surface area contributed by atoms with Gasteiger partial charge in [-0.15, -0.1) is 0 Å². The van der Waals surface area contributed by atoms with Crippen LogP contribution >= 0.6 is 0 Å². The molecule has 0 bridgehead atoms. The summed E-state index contributed by atoms with van der Waals surface area (Å²) < 4.78 is 4.73. The zero-order valence-electron chi connectivity index (χ0n) is 17.5. The minimum absolute atomic E-state index is 0.0747. The van der Waals surface area contributed by atoms with Crippen LogP contribution in [0.1, 0.15) is 12.8 Å². The van der Waals surface area contributed by atoms with E-state index in [1.165, 1.54) is 0 Å². The number of nitrogens with one attached hydrogen (secondary N) is 3. The first-order valence-electron chi connectivity index (χ1n) is 10.2. The Morgan fingerprint density at radius 3 is 2.29 bits per heavy atom. The number of hydroxylamine groups is 3. The normalized spacial score (nSPS) is 15.9. The van der Waals surface area contributed by atoms with E-state index in [0.29, 0.717) is 36.7 Å². The van der Waals surface area contributed by atoms with Crippen molar-refractivity contribution in [2.24, 2.45) is 4.99 Å². The fourth-order valence-electron chi connectivity index (χ4n) is 3.13. The molecular formula is C21H31N5O5. The van der Waals surface area contributed by atoms with Crippen LogP contribution in [-0.2, 0) is 4.74 Å². The zero-order valence-corrected chi connectivity index (χ0v) is 17.5. The molecule has 1 aliphatic rings. The summed E-state index contributed by atoms with van der Waals surface area (Å²) in [5.74, 6) is 0.317. The standard InChI is InChI=1S/C21H31N5O5/c22-18-14-19(23)21(31-13-12-29)15-20(18)25-17-4-2-16(3-5-17)24-6-1-7-26(30,8-10-27)9-11-28/h2-5,15,22-24,27-29H,1,6-14H2. The van der Waals surface area contributed by atoms with Crippen molar-refractivity contribution in [3.63, 3.8) is 0 Å². The lowest BCUT2D eigenvalue weighted by Crippen LogP contribution is -2.47. The Kier molecular flexibility index (Phi) is 9.76. The number of allylic oxidation sites excluding steroid dienone is 2. The third kappa shape index (κ3) is 7.85. The second-order valence-electron chi connectivity index (χ2n) is 7.21. The molecule has 1 aromatic carbocycles. The van der Waals surface area contributed by atoms with Crippen molar-refractivity contribution >= 4 is 28.5 Å². The lowest BCUT2D eigenvalue weighted by molar-refractivity contribution is -0.881. The van der Waals surface area contributed by atoms with Gasteiger partial charge in [0.15, 0.2) is 0 Å². The highest BCUT2D eigenvalue weighted by atomic mass is 16.5. The third-order valence-electron chi connectivity index (χ3n) is 4.78. The number of nitrogens with zero attached hydrogens (tertiary/aromatic N) is 2. The number of aliphatic hydroxyl groups is 3. The first-order valence-corrected chi connectivity index (χ1v) is 10.2. The van der Waals surface area contributed by atoms with Gasteiger partial charge in [-0.1, -0.05) is 0 Å². The summed E-state index contributed by atoms with van der Waals surface area (Å²) >= 11 is 0. The lowest BCUT2D eigenvalue weighted by Gasteiger charge is -2.42. The van der Waals surface area contributed by atoms with Gasteiger partial charge in [-0.25, -0.2) is 4.99 Å². The van der Waals surface area contributed by atoms with Gasteiger partial charge >= 0.3 is 0 Å². The lowest BCUT2D eigenvalue weighted by atomic mass is 10.00. The second kappa shape index (κ2) is 12.3. The number of hydrogen-bond acceptors (Lipinski definition) is 9. The smallest absolute Gasteiger partial charge is 0.142 e. The Morgan fingerprint density at radius 1 is 1.00 bits per heavy atom. The maximum Gasteiger partial charge on any atom is 0.142 e. The Morgan fingerprint density at radius 2 is 1.68 bits per heavy atom. The van der Waals surface area contributed by atoms with Gasteiger partial charge in [0.25, 0.3) is 0 Å². The third-order valence-corrected chi connectivity index (χ3v) is 4.78. The van der Waals surface area contributed by atoms with Crippen molar-refractivity contribution in [1.82, 2.24) is 0 Å². The number of ether oxygens (including phenoxy) is 1. The van der Waals surface area contributed by atoms with Crippen LogP contribution in [0.5, 0.6) is 0 Å². The van der Waals surface area contributed by atoms with E-state index < -0.39 is 4.65 Å². The van der Waals surface area contributed by atoms with E-state index in [-0.39, 0.29) is 57.4 Å². The number of aliphatic imine (C=N–C) groups is 1. The highest BCUT2D eigenvalue weighted by Gasteiger charge is 2.20. The molecule has 0 saturated heterocycles. The van der Waals surface area contributed by atoms with Crippen LogP contribution in [0, 0.1) is 16.0 Å². The van der Waals surface area contributed by atoms with Gasteiger partial charge in [-0.05, 0) is 24.3 Å². The molecule has 0 radical (unpaired) electrons. The van der Waals surface area contributed by atoms with E-state index in [0.717, 1.165) is 5.69 Å². The summed E-state index contributed by atoms with van der Waals surface area (Å²) in [6, 6.07) is 7.30. The summed E-state index contributed by atoms with van der Waals surface area (Å²) in [6.45, 7) is 0.560. The van der Waals surface area contributed by atoms with E-state index in [9.17, 15) is 5.21 Å². The van der Waals surface area contributed by atoms with Crippen molar-refractivity contribution < 1.29 is 24.7 Å². The number of benzene rings is 1. The summed E-state index contributed by atoms with van der Waals surface area (Å²) in [4.78, 5) is 4.46. The summed E-state index contributed by atoms with van der Waals surface area (Å²) in [5.41, 5.74) is 2.35. The van der Waals surface area contributed by atoms with Crippen LogP contribution in [0.4, 0.5) is 11.4 Å². The molecule has 1 aliphatic carbocycles. The van der Waals surface area contributed by atoms with E-state index in [2.05, 4.69) is 10.3 Å². The summed E-state index contributed by atoms with van der Waals surface area (Å²) in [5, 5.41) is 58.5. The van der Waals surface area contributed by atoms with Crippen molar-refractivity contribution in [2.45, 2.75) is 12.8 Å². The molecule has 0 aliphatic heterocycles. The maximum absolute atomic E-state index is 12.4. The molecule has 170 valence electrons. The molecular weight excluding hydrogens is 402 g/mol. The molecule has 0 heterocycles.